The second kappa shape index (κ2) is 6.54. The van der Waals surface area contributed by atoms with E-state index >= 15 is 0 Å². The van der Waals surface area contributed by atoms with Crippen LogP contribution in [0.3, 0.4) is 0 Å². The quantitative estimate of drug-likeness (QED) is 0.775. The second-order valence-corrected chi connectivity index (χ2v) is 5.73. The monoisotopic (exact) mass is 278 g/mol. The van der Waals surface area contributed by atoms with Gasteiger partial charge in [-0.05, 0) is 24.7 Å². The van der Waals surface area contributed by atoms with Gasteiger partial charge < -0.3 is 15.2 Å². The van der Waals surface area contributed by atoms with E-state index in [1.54, 1.807) is 17.0 Å². The van der Waals surface area contributed by atoms with Gasteiger partial charge in [-0.2, -0.15) is 0 Å². The molecule has 1 heterocycles. The van der Waals surface area contributed by atoms with Crippen molar-refractivity contribution in [3.8, 4) is 0 Å². The number of hydrogen-bond donors (Lipinski definition) is 2. The lowest BCUT2D eigenvalue weighted by molar-refractivity contribution is -0.119. The largest absolute Gasteiger partial charge is 0.356 e. The third-order valence-electron chi connectivity index (χ3n) is 3.18. The fraction of sp³-hybridized carbons (Fsp3) is 0.643. The summed E-state index contributed by atoms with van der Waals surface area (Å²) in [6.07, 6.45) is 5.65. The number of anilines is 1. The molecule has 1 fully saturated rings. The molecule has 6 heteroatoms. The molecular weight excluding hydrogens is 256 g/mol. The average Bonchev–Trinajstić information content (AvgIpc) is 3.21. The van der Waals surface area contributed by atoms with Crippen LogP contribution in [0, 0.1) is 11.8 Å². The van der Waals surface area contributed by atoms with Crippen LogP contribution < -0.4 is 16.2 Å². The molecule has 0 radical (unpaired) electrons. The van der Waals surface area contributed by atoms with Gasteiger partial charge in [0.1, 0.15) is 0 Å². The van der Waals surface area contributed by atoms with Crippen molar-refractivity contribution < 1.29 is 4.79 Å². The molecule has 0 aliphatic heterocycles. The first-order valence-corrected chi connectivity index (χ1v) is 7.12. The first-order chi connectivity index (χ1) is 9.56. The zero-order valence-electron chi connectivity index (χ0n) is 12.1. The van der Waals surface area contributed by atoms with E-state index in [1.165, 1.54) is 12.8 Å². The molecule has 1 amide bonds. The summed E-state index contributed by atoms with van der Waals surface area (Å²) in [4.78, 5) is 27.7. The van der Waals surface area contributed by atoms with Gasteiger partial charge in [0.2, 0.25) is 5.91 Å². The molecule has 20 heavy (non-hydrogen) atoms. The lowest BCUT2D eigenvalue weighted by Gasteiger charge is -2.10. The fourth-order valence-corrected chi connectivity index (χ4v) is 1.91. The van der Waals surface area contributed by atoms with E-state index in [0.29, 0.717) is 18.4 Å². The molecule has 1 aliphatic rings. The lowest BCUT2D eigenvalue weighted by Crippen LogP contribution is -2.34. The number of carbonyl (C=O) groups excluding carboxylic acids is 1. The number of carbonyl (C=O) groups is 1. The van der Waals surface area contributed by atoms with Gasteiger partial charge >= 0.3 is 0 Å². The number of rotatable bonds is 7. The highest BCUT2D eigenvalue weighted by atomic mass is 16.2. The van der Waals surface area contributed by atoms with E-state index in [2.05, 4.69) is 15.6 Å². The van der Waals surface area contributed by atoms with Gasteiger partial charge in [-0.1, -0.05) is 13.8 Å². The van der Waals surface area contributed by atoms with Crippen molar-refractivity contribution in [1.29, 1.82) is 0 Å². The molecule has 1 aromatic heterocycles. The Bertz CT molecular complexity index is 520. The van der Waals surface area contributed by atoms with Crippen LogP contribution in [-0.4, -0.2) is 28.5 Å². The maximum atomic E-state index is 12.1. The topological polar surface area (TPSA) is 76.0 Å². The van der Waals surface area contributed by atoms with Crippen LogP contribution in [-0.2, 0) is 11.3 Å². The van der Waals surface area contributed by atoms with Crippen LogP contribution in [0.15, 0.2) is 17.2 Å². The van der Waals surface area contributed by atoms with Crippen molar-refractivity contribution in [3.63, 3.8) is 0 Å². The molecule has 0 bridgehead atoms. The number of nitrogens with one attached hydrogen (secondary N) is 2. The first kappa shape index (κ1) is 14.6. The number of amides is 1. The van der Waals surface area contributed by atoms with E-state index in [1.807, 2.05) is 13.8 Å². The molecule has 2 rings (SSSR count). The summed E-state index contributed by atoms with van der Waals surface area (Å²) >= 11 is 0. The third kappa shape index (κ3) is 4.36. The van der Waals surface area contributed by atoms with Crippen LogP contribution in [0.1, 0.15) is 26.7 Å². The van der Waals surface area contributed by atoms with Gasteiger partial charge in [0.15, 0.2) is 5.82 Å². The van der Waals surface area contributed by atoms with E-state index in [-0.39, 0.29) is 23.8 Å². The average molecular weight is 278 g/mol. The van der Waals surface area contributed by atoms with Crippen LogP contribution in [0.4, 0.5) is 5.82 Å². The third-order valence-corrected chi connectivity index (χ3v) is 3.18. The Morgan fingerprint density at radius 3 is 2.90 bits per heavy atom. The number of nitrogens with zero attached hydrogens (tertiary/aromatic N) is 2. The van der Waals surface area contributed by atoms with E-state index < -0.39 is 0 Å². The van der Waals surface area contributed by atoms with Gasteiger partial charge in [-0.25, -0.2) is 4.98 Å². The van der Waals surface area contributed by atoms with E-state index in [9.17, 15) is 9.59 Å². The minimum atomic E-state index is -0.184. The van der Waals surface area contributed by atoms with Gasteiger partial charge in [0, 0.05) is 25.5 Å². The first-order valence-electron chi connectivity index (χ1n) is 7.12. The van der Waals surface area contributed by atoms with E-state index in [0.717, 1.165) is 6.54 Å². The zero-order valence-corrected chi connectivity index (χ0v) is 12.1. The molecule has 0 atom stereocenters. The highest BCUT2D eigenvalue weighted by molar-refractivity contribution is 5.80. The van der Waals surface area contributed by atoms with Crippen molar-refractivity contribution >= 4 is 11.7 Å². The Balaban J connectivity index is 1.88. The molecule has 0 spiro atoms. The predicted molar refractivity (Wildman–Crippen MR) is 77.6 cm³/mol. The molecule has 6 nitrogen and oxygen atoms in total. The van der Waals surface area contributed by atoms with Crippen molar-refractivity contribution in [2.75, 3.05) is 18.4 Å². The maximum Gasteiger partial charge on any atom is 0.293 e. The molecule has 0 saturated heterocycles. The predicted octanol–water partition coefficient (Wildman–Crippen LogP) is 0.837. The Morgan fingerprint density at radius 2 is 2.25 bits per heavy atom. The Hall–Kier alpha value is -1.85. The molecule has 1 aromatic rings. The molecule has 1 saturated carbocycles. The smallest absolute Gasteiger partial charge is 0.293 e. The Morgan fingerprint density at radius 1 is 1.50 bits per heavy atom. The summed E-state index contributed by atoms with van der Waals surface area (Å²) in [5.74, 6) is 1.16. The number of hydrogen-bond acceptors (Lipinski definition) is 4. The highest BCUT2D eigenvalue weighted by Gasteiger charge is 2.21. The van der Waals surface area contributed by atoms with Crippen molar-refractivity contribution in [1.82, 2.24) is 14.9 Å². The van der Waals surface area contributed by atoms with Crippen molar-refractivity contribution in [2.45, 2.75) is 33.2 Å². The zero-order chi connectivity index (χ0) is 14.5. The summed E-state index contributed by atoms with van der Waals surface area (Å²) < 4.78 is 1.61. The van der Waals surface area contributed by atoms with Crippen LogP contribution in [0.5, 0.6) is 0 Å². The van der Waals surface area contributed by atoms with Crippen molar-refractivity contribution in [3.05, 3.63) is 22.7 Å². The summed E-state index contributed by atoms with van der Waals surface area (Å²) in [7, 11) is 0. The van der Waals surface area contributed by atoms with Gasteiger partial charge in [0.05, 0.1) is 6.54 Å². The SMILES string of the molecule is CC(C)Cn1ccnc(NCC(=O)NCC2CC2)c1=O. The van der Waals surface area contributed by atoms with E-state index in [4.69, 9.17) is 0 Å². The molecule has 2 N–H and O–H groups in total. The molecule has 110 valence electrons. The Kier molecular flexibility index (Phi) is 4.76. The second-order valence-electron chi connectivity index (χ2n) is 5.73. The van der Waals surface area contributed by atoms with Crippen LogP contribution in [0.2, 0.25) is 0 Å². The Labute approximate surface area is 118 Å². The van der Waals surface area contributed by atoms with Crippen LogP contribution >= 0.6 is 0 Å². The summed E-state index contributed by atoms with van der Waals surface area (Å²) in [6.45, 7) is 5.56. The minimum absolute atomic E-state index is 0.0840. The molecule has 0 aromatic carbocycles. The van der Waals surface area contributed by atoms with Gasteiger partial charge in [0.25, 0.3) is 5.56 Å². The normalized spacial score (nSPS) is 14.3. The minimum Gasteiger partial charge on any atom is -0.356 e. The summed E-state index contributed by atoms with van der Waals surface area (Å²) in [6, 6.07) is 0. The number of aromatic nitrogens is 2. The van der Waals surface area contributed by atoms with Crippen LogP contribution in [0.25, 0.3) is 0 Å². The highest BCUT2D eigenvalue weighted by Crippen LogP contribution is 2.27. The van der Waals surface area contributed by atoms with Crippen molar-refractivity contribution in [2.24, 2.45) is 11.8 Å². The molecule has 0 unspecified atom stereocenters. The standard InChI is InChI=1S/C14H22N4O2/c1-10(2)9-18-6-5-15-13(14(18)20)17-8-12(19)16-7-11-3-4-11/h5-6,10-11H,3-4,7-9H2,1-2H3,(H,15,17)(H,16,19). The van der Waals surface area contributed by atoms with Gasteiger partial charge in [-0.15, -0.1) is 0 Å². The lowest BCUT2D eigenvalue weighted by atomic mass is 10.2. The maximum absolute atomic E-state index is 12.1. The molecule has 1 aliphatic carbocycles. The summed E-state index contributed by atoms with van der Waals surface area (Å²) in [5, 5.41) is 5.66. The molecular formula is C14H22N4O2. The fourth-order valence-electron chi connectivity index (χ4n) is 1.91. The summed E-state index contributed by atoms with van der Waals surface area (Å²) in [5.41, 5.74) is -0.184. The van der Waals surface area contributed by atoms with Gasteiger partial charge in [-0.3, -0.25) is 9.59 Å².